The Balaban J connectivity index is 2.09. The number of carbonyl (C=O) groups is 2. The Kier molecular flexibility index (Phi) is 5.04. The SMILES string of the molecule is CC(=O)N[C@H](C(=O)N1C[C@@H](c2ccsc2)C[C@@H]1C)C(C)C. The summed E-state index contributed by atoms with van der Waals surface area (Å²) in [5.74, 6) is 0.405. The Bertz CT molecular complexity index is 498. The number of rotatable bonds is 4. The van der Waals surface area contributed by atoms with E-state index in [-0.39, 0.29) is 23.8 Å². The number of nitrogens with one attached hydrogen (secondary N) is 1. The molecule has 5 heteroatoms. The van der Waals surface area contributed by atoms with Gasteiger partial charge in [-0.2, -0.15) is 11.3 Å². The van der Waals surface area contributed by atoms with E-state index in [0.717, 1.165) is 13.0 Å². The maximum atomic E-state index is 12.8. The normalized spacial score (nSPS) is 23.4. The van der Waals surface area contributed by atoms with Crippen molar-refractivity contribution in [1.82, 2.24) is 10.2 Å². The van der Waals surface area contributed by atoms with Gasteiger partial charge in [0.15, 0.2) is 0 Å². The number of thiophene rings is 1. The first kappa shape index (κ1) is 16.0. The van der Waals surface area contributed by atoms with E-state index >= 15 is 0 Å². The van der Waals surface area contributed by atoms with Crippen LogP contribution in [0.2, 0.25) is 0 Å². The van der Waals surface area contributed by atoms with Gasteiger partial charge in [0.25, 0.3) is 0 Å². The van der Waals surface area contributed by atoms with E-state index in [1.807, 2.05) is 18.7 Å². The fraction of sp³-hybridized carbons (Fsp3) is 0.625. The highest BCUT2D eigenvalue weighted by Gasteiger charge is 2.37. The summed E-state index contributed by atoms with van der Waals surface area (Å²) in [6.07, 6.45) is 0.993. The molecule has 2 heterocycles. The standard InChI is InChI=1S/C16H24N2O2S/c1-10(2)15(17-12(4)19)16(20)18-8-14(7-11(18)3)13-5-6-21-9-13/h5-6,9-11,14-15H,7-8H2,1-4H3,(H,17,19)/t11-,14-,15-/m0/s1. The van der Waals surface area contributed by atoms with E-state index < -0.39 is 6.04 Å². The Labute approximate surface area is 130 Å². The number of nitrogens with zero attached hydrogens (tertiary/aromatic N) is 1. The molecular weight excluding hydrogens is 284 g/mol. The monoisotopic (exact) mass is 308 g/mol. The Morgan fingerprint density at radius 3 is 2.67 bits per heavy atom. The lowest BCUT2D eigenvalue weighted by molar-refractivity contribution is -0.137. The molecule has 1 aliphatic rings. The maximum Gasteiger partial charge on any atom is 0.245 e. The van der Waals surface area contributed by atoms with Crippen molar-refractivity contribution in [3.05, 3.63) is 22.4 Å². The van der Waals surface area contributed by atoms with Gasteiger partial charge in [-0.15, -0.1) is 0 Å². The largest absolute Gasteiger partial charge is 0.344 e. The molecule has 1 saturated heterocycles. The van der Waals surface area contributed by atoms with Crippen molar-refractivity contribution >= 4 is 23.2 Å². The van der Waals surface area contributed by atoms with Crippen LogP contribution >= 0.6 is 11.3 Å². The van der Waals surface area contributed by atoms with E-state index in [4.69, 9.17) is 0 Å². The number of amides is 2. The summed E-state index contributed by atoms with van der Waals surface area (Å²) in [5, 5.41) is 7.05. The molecular formula is C16H24N2O2S. The average molecular weight is 308 g/mol. The number of hydrogen-bond donors (Lipinski definition) is 1. The predicted molar refractivity (Wildman–Crippen MR) is 85.3 cm³/mol. The van der Waals surface area contributed by atoms with Gasteiger partial charge >= 0.3 is 0 Å². The van der Waals surface area contributed by atoms with E-state index in [2.05, 4.69) is 29.1 Å². The lowest BCUT2D eigenvalue weighted by atomic mass is 10.00. The minimum atomic E-state index is -0.425. The second-order valence-electron chi connectivity index (χ2n) is 6.25. The molecule has 0 saturated carbocycles. The summed E-state index contributed by atoms with van der Waals surface area (Å²) in [5.41, 5.74) is 1.32. The van der Waals surface area contributed by atoms with Gasteiger partial charge in [-0.1, -0.05) is 13.8 Å². The second kappa shape index (κ2) is 6.60. The van der Waals surface area contributed by atoms with Crippen LogP contribution in [0.1, 0.15) is 45.6 Å². The Hall–Kier alpha value is -1.36. The highest BCUT2D eigenvalue weighted by Crippen LogP contribution is 2.33. The lowest BCUT2D eigenvalue weighted by Crippen LogP contribution is -2.51. The van der Waals surface area contributed by atoms with Crippen LogP contribution in [0.15, 0.2) is 16.8 Å². The highest BCUT2D eigenvalue weighted by molar-refractivity contribution is 7.07. The molecule has 1 fully saturated rings. The molecule has 0 unspecified atom stereocenters. The first-order chi connectivity index (χ1) is 9.90. The summed E-state index contributed by atoms with van der Waals surface area (Å²) in [4.78, 5) is 26.0. The first-order valence-corrected chi connectivity index (χ1v) is 8.44. The molecule has 1 aliphatic heterocycles. The van der Waals surface area contributed by atoms with Gasteiger partial charge in [-0.25, -0.2) is 0 Å². The van der Waals surface area contributed by atoms with Crippen LogP contribution in [0, 0.1) is 5.92 Å². The number of carbonyl (C=O) groups excluding carboxylic acids is 2. The van der Waals surface area contributed by atoms with Crippen molar-refractivity contribution in [3.63, 3.8) is 0 Å². The average Bonchev–Trinajstić information content (AvgIpc) is 3.03. The van der Waals surface area contributed by atoms with Crippen molar-refractivity contribution in [2.24, 2.45) is 5.92 Å². The minimum Gasteiger partial charge on any atom is -0.344 e. The van der Waals surface area contributed by atoms with Gasteiger partial charge in [0.2, 0.25) is 11.8 Å². The molecule has 0 bridgehead atoms. The third-order valence-electron chi connectivity index (χ3n) is 4.16. The Morgan fingerprint density at radius 1 is 1.43 bits per heavy atom. The fourth-order valence-corrected chi connectivity index (χ4v) is 3.74. The van der Waals surface area contributed by atoms with E-state index in [1.165, 1.54) is 12.5 Å². The van der Waals surface area contributed by atoms with Gasteiger partial charge < -0.3 is 10.2 Å². The van der Waals surface area contributed by atoms with E-state index in [9.17, 15) is 9.59 Å². The predicted octanol–water partition coefficient (Wildman–Crippen LogP) is 2.61. The van der Waals surface area contributed by atoms with Crippen molar-refractivity contribution in [2.45, 2.75) is 52.1 Å². The topological polar surface area (TPSA) is 49.4 Å². The van der Waals surface area contributed by atoms with Gasteiger partial charge in [-0.05, 0) is 41.7 Å². The van der Waals surface area contributed by atoms with Crippen molar-refractivity contribution < 1.29 is 9.59 Å². The van der Waals surface area contributed by atoms with Crippen LogP contribution in [0.5, 0.6) is 0 Å². The molecule has 4 nitrogen and oxygen atoms in total. The summed E-state index contributed by atoms with van der Waals surface area (Å²) in [6.45, 7) is 8.24. The zero-order chi connectivity index (χ0) is 15.6. The van der Waals surface area contributed by atoms with Gasteiger partial charge in [-0.3, -0.25) is 9.59 Å². The fourth-order valence-electron chi connectivity index (χ4n) is 3.00. The second-order valence-corrected chi connectivity index (χ2v) is 7.03. The molecule has 2 rings (SSSR count). The smallest absolute Gasteiger partial charge is 0.245 e. The van der Waals surface area contributed by atoms with Gasteiger partial charge in [0.1, 0.15) is 6.04 Å². The van der Waals surface area contributed by atoms with Crippen LogP contribution in [0.3, 0.4) is 0 Å². The molecule has 0 aromatic carbocycles. The molecule has 1 N–H and O–H groups in total. The third kappa shape index (κ3) is 3.64. The zero-order valence-electron chi connectivity index (χ0n) is 13.1. The molecule has 3 atom stereocenters. The molecule has 1 aromatic heterocycles. The molecule has 0 radical (unpaired) electrons. The van der Waals surface area contributed by atoms with E-state index in [0.29, 0.717) is 5.92 Å². The Morgan fingerprint density at radius 2 is 2.14 bits per heavy atom. The van der Waals surface area contributed by atoms with Crippen LogP contribution in [0.4, 0.5) is 0 Å². The van der Waals surface area contributed by atoms with Crippen molar-refractivity contribution in [2.75, 3.05) is 6.54 Å². The maximum absolute atomic E-state index is 12.8. The van der Waals surface area contributed by atoms with Gasteiger partial charge in [0.05, 0.1) is 0 Å². The third-order valence-corrected chi connectivity index (χ3v) is 4.87. The molecule has 21 heavy (non-hydrogen) atoms. The van der Waals surface area contributed by atoms with Crippen LogP contribution in [0.25, 0.3) is 0 Å². The summed E-state index contributed by atoms with van der Waals surface area (Å²) < 4.78 is 0. The highest BCUT2D eigenvalue weighted by atomic mass is 32.1. The summed E-state index contributed by atoms with van der Waals surface area (Å²) in [7, 11) is 0. The molecule has 1 aromatic rings. The van der Waals surface area contributed by atoms with E-state index in [1.54, 1.807) is 11.3 Å². The zero-order valence-corrected chi connectivity index (χ0v) is 13.9. The summed E-state index contributed by atoms with van der Waals surface area (Å²) in [6, 6.07) is 1.94. The van der Waals surface area contributed by atoms with Gasteiger partial charge in [0, 0.05) is 25.4 Å². The lowest BCUT2D eigenvalue weighted by Gasteiger charge is -2.29. The molecule has 0 spiro atoms. The van der Waals surface area contributed by atoms with Crippen molar-refractivity contribution in [1.29, 1.82) is 0 Å². The summed E-state index contributed by atoms with van der Waals surface area (Å²) >= 11 is 1.70. The van der Waals surface area contributed by atoms with Crippen LogP contribution in [-0.4, -0.2) is 35.3 Å². The van der Waals surface area contributed by atoms with Crippen LogP contribution in [-0.2, 0) is 9.59 Å². The molecule has 2 amide bonds. The minimum absolute atomic E-state index is 0.0467. The number of likely N-dealkylation sites (tertiary alicyclic amines) is 1. The quantitative estimate of drug-likeness (QED) is 0.929. The molecule has 0 aliphatic carbocycles. The van der Waals surface area contributed by atoms with Crippen LogP contribution < -0.4 is 5.32 Å². The number of hydrogen-bond acceptors (Lipinski definition) is 3. The first-order valence-electron chi connectivity index (χ1n) is 7.49. The van der Waals surface area contributed by atoms with Crippen molar-refractivity contribution in [3.8, 4) is 0 Å². The molecule has 116 valence electrons.